The van der Waals surface area contributed by atoms with Crippen LogP contribution in [0.3, 0.4) is 0 Å². The van der Waals surface area contributed by atoms with Crippen LogP contribution in [-0.4, -0.2) is 11.1 Å². The first-order valence-corrected chi connectivity index (χ1v) is 5.15. The molecule has 12 heavy (non-hydrogen) atoms. The van der Waals surface area contributed by atoms with Gasteiger partial charge in [0.05, 0.1) is 5.56 Å². The van der Waals surface area contributed by atoms with Crippen LogP contribution >= 0.6 is 50.1 Å². The number of hydrogen-bond donors (Lipinski definition) is 1. The average molecular weight is 361 g/mol. The maximum Gasteiger partial charge on any atom is 0.336 e. The summed E-state index contributed by atoms with van der Waals surface area (Å²) >= 11 is 10.8. The molecule has 0 bridgehead atoms. The topological polar surface area (TPSA) is 37.3 Å². The Labute approximate surface area is 96.2 Å². The van der Waals surface area contributed by atoms with Gasteiger partial charge in [-0.2, -0.15) is 0 Å². The summed E-state index contributed by atoms with van der Waals surface area (Å²) in [6, 6.07) is 3.09. The average Bonchev–Trinajstić information content (AvgIpc) is 1.96. The van der Waals surface area contributed by atoms with E-state index in [-0.39, 0.29) is 5.56 Å². The second-order valence-corrected chi connectivity index (χ2v) is 4.42. The Bertz CT molecular complexity index is 340. The van der Waals surface area contributed by atoms with Gasteiger partial charge in [-0.15, -0.1) is 0 Å². The smallest absolute Gasteiger partial charge is 0.336 e. The fraction of sp³-hybridized carbons (Fsp3) is 0. The van der Waals surface area contributed by atoms with E-state index in [2.05, 4.69) is 15.9 Å². The molecule has 2 nitrogen and oxygen atoms in total. The molecule has 1 N–H and O–H groups in total. The first kappa shape index (κ1) is 10.3. The van der Waals surface area contributed by atoms with E-state index in [1.165, 1.54) is 6.07 Å². The van der Waals surface area contributed by atoms with Gasteiger partial charge in [0.15, 0.2) is 0 Å². The predicted molar refractivity (Wildman–Crippen MR) is 58.8 cm³/mol. The van der Waals surface area contributed by atoms with E-state index in [1.54, 1.807) is 6.07 Å². The van der Waals surface area contributed by atoms with Crippen molar-refractivity contribution >= 4 is 56.1 Å². The minimum absolute atomic E-state index is 0.218. The molecule has 1 aromatic rings. The van der Waals surface area contributed by atoms with E-state index >= 15 is 0 Å². The Morgan fingerprint density at radius 2 is 2.17 bits per heavy atom. The Hall–Kier alpha value is 0.190. The monoisotopic (exact) mass is 360 g/mol. The van der Waals surface area contributed by atoms with Crippen LogP contribution in [0.5, 0.6) is 0 Å². The first-order chi connectivity index (χ1) is 5.52. The normalized spacial score (nSPS) is 9.92. The van der Waals surface area contributed by atoms with Crippen LogP contribution < -0.4 is 0 Å². The lowest BCUT2D eigenvalue weighted by Crippen LogP contribution is -1.99. The Morgan fingerprint density at radius 3 is 2.67 bits per heavy atom. The number of aromatic carboxylic acids is 1. The van der Waals surface area contributed by atoms with Crippen LogP contribution in [0.2, 0.25) is 5.02 Å². The summed E-state index contributed by atoms with van der Waals surface area (Å²) < 4.78 is 1.36. The van der Waals surface area contributed by atoms with Crippen LogP contribution in [0.15, 0.2) is 16.6 Å². The number of carboxylic acids is 1. The van der Waals surface area contributed by atoms with Crippen molar-refractivity contribution in [2.45, 2.75) is 0 Å². The highest BCUT2D eigenvalue weighted by atomic mass is 127. The molecule has 0 unspecified atom stereocenters. The van der Waals surface area contributed by atoms with Gasteiger partial charge in [-0.3, -0.25) is 0 Å². The number of benzene rings is 1. The van der Waals surface area contributed by atoms with Gasteiger partial charge < -0.3 is 5.11 Å². The molecule has 0 aliphatic carbocycles. The van der Waals surface area contributed by atoms with Crippen molar-refractivity contribution in [3.8, 4) is 0 Å². The molecule has 0 aliphatic heterocycles. The second-order valence-electron chi connectivity index (χ2n) is 2.05. The van der Waals surface area contributed by atoms with Gasteiger partial charge in [-0.25, -0.2) is 4.79 Å². The summed E-state index contributed by atoms with van der Waals surface area (Å²) in [4.78, 5) is 10.6. The maximum atomic E-state index is 10.6. The molecule has 64 valence electrons. The van der Waals surface area contributed by atoms with Crippen molar-refractivity contribution in [3.05, 3.63) is 30.8 Å². The molecule has 0 aromatic heterocycles. The third-order valence-electron chi connectivity index (χ3n) is 1.22. The van der Waals surface area contributed by atoms with Crippen molar-refractivity contribution in [1.29, 1.82) is 0 Å². The number of hydrogen-bond acceptors (Lipinski definition) is 1. The van der Waals surface area contributed by atoms with Gasteiger partial charge in [0.1, 0.15) is 0 Å². The first-order valence-electron chi connectivity index (χ1n) is 2.90. The summed E-state index contributed by atoms with van der Waals surface area (Å²) in [5, 5.41) is 9.15. The Kier molecular flexibility index (Phi) is 3.37. The van der Waals surface area contributed by atoms with Gasteiger partial charge in [0, 0.05) is 13.1 Å². The van der Waals surface area contributed by atoms with E-state index in [0.29, 0.717) is 13.1 Å². The molecule has 0 atom stereocenters. The molecule has 5 heteroatoms. The maximum absolute atomic E-state index is 10.6. The fourth-order valence-corrected chi connectivity index (χ4v) is 2.06. The SMILES string of the molecule is O=C(O)c1cc(Cl)cc(Br)c1I. The van der Waals surface area contributed by atoms with Crippen molar-refractivity contribution in [2.75, 3.05) is 0 Å². The van der Waals surface area contributed by atoms with Crippen LogP contribution in [0, 0.1) is 3.57 Å². The zero-order valence-corrected chi connectivity index (χ0v) is 10.1. The minimum atomic E-state index is -0.970. The van der Waals surface area contributed by atoms with Crippen LogP contribution in [0.25, 0.3) is 0 Å². The lowest BCUT2D eigenvalue weighted by atomic mass is 10.2. The van der Waals surface area contributed by atoms with Crippen LogP contribution in [0.4, 0.5) is 0 Å². The lowest BCUT2D eigenvalue weighted by molar-refractivity contribution is 0.0695. The highest BCUT2D eigenvalue weighted by Crippen LogP contribution is 2.26. The van der Waals surface area contributed by atoms with E-state index in [0.717, 1.165) is 0 Å². The quantitative estimate of drug-likeness (QED) is 0.615. The van der Waals surface area contributed by atoms with Crippen molar-refractivity contribution in [2.24, 2.45) is 0 Å². The van der Waals surface area contributed by atoms with Crippen LogP contribution in [0.1, 0.15) is 10.4 Å². The standard InChI is InChI=1S/C7H3BrClIO2/c8-5-2-3(9)1-4(6(5)10)7(11)12/h1-2H,(H,11,12). The molecule has 0 amide bonds. The van der Waals surface area contributed by atoms with E-state index in [4.69, 9.17) is 16.7 Å². The van der Waals surface area contributed by atoms with E-state index in [9.17, 15) is 4.79 Å². The van der Waals surface area contributed by atoms with Gasteiger partial charge in [-0.1, -0.05) is 11.6 Å². The Balaban J connectivity index is 3.37. The molecular formula is C7H3BrClIO2. The third kappa shape index (κ3) is 2.11. The third-order valence-corrected chi connectivity index (χ3v) is 3.97. The Morgan fingerprint density at radius 1 is 1.58 bits per heavy atom. The van der Waals surface area contributed by atoms with E-state index < -0.39 is 5.97 Å². The van der Waals surface area contributed by atoms with Gasteiger partial charge >= 0.3 is 5.97 Å². The summed E-state index contributed by atoms with van der Waals surface area (Å²) in [6.07, 6.45) is 0. The summed E-state index contributed by atoms with van der Waals surface area (Å²) in [5.41, 5.74) is 0.218. The lowest BCUT2D eigenvalue weighted by Gasteiger charge is -2.01. The van der Waals surface area contributed by atoms with Gasteiger partial charge in [0.25, 0.3) is 0 Å². The zero-order chi connectivity index (χ0) is 9.30. The second kappa shape index (κ2) is 3.93. The molecule has 0 spiro atoms. The molecule has 0 saturated heterocycles. The molecule has 0 aliphatic rings. The van der Waals surface area contributed by atoms with E-state index in [1.807, 2.05) is 22.6 Å². The molecule has 1 aromatic carbocycles. The molecular weight excluding hydrogens is 358 g/mol. The van der Waals surface area contributed by atoms with Crippen molar-refractivity contribution < 1.29 is 9.90 Å². The number of halogens is 3. The number of carbonyl (C=O) groups is 1. The fourth-order valence-electron chi connectivity index (χ4n) is 0.712. The largest absolute Gasteiger partial charge is 0.478 e. The molecule has 0 radical (unpaired) electrons. The molecule has 1 rings (SSSR count). The number of rotatable bonds is 1. The number of carboxylic acid groups (broad SMARTS) is 1. The van der Waals surface area contributed by atoms with Crippen molar-refractivity contribution in [1.82, 2.24) is 0 Å². The minimum Gasteiger partial charge on any atom is -0.478 e. The predicted octanol–water partition coefficient (Wildman–Crippen LogP) is 3.41. The van der Waals surface area contributed by atoms with Gasteiger partial charge in [0.2, 0.25) is 0 Å². The van der Waals surface area contributed by atoms with Gasteiger partial charge in [-0.05, 0) is 50.7 Å². The highest BCUT2D eigenvalue weighted by Gasteiger charge is 2.11. The highest BCUT2D eigenvalue weighted by molar-refractivity contribution is 14.1. The zero-order valence-electron chi connectivity index (χ0n) is 5.64. The van der Waals surface area contributed by atoms with Crippen LogP contribution in [-0.2, 0) is 0 Å². The molecule has 0 heterocycles. The summed E-state index contributed by atoms with van der Waals surface area (Å²) in [5.74, 6) is -0.970. The molecule has 0 saturated carbocycles. The van der Waals surface area contributed by atoms with Crippen molar-refractivity contribution in [3.63, 3.8) is 0 Å². The summed E-state index contributed by atoms with van der Waals surface area (Å²) in [6.45, 7) is 0. The summed E-state index contributed by atoms with van der Waals surface area (Å²) in [7, 11) is 0. The molecule has 0 fully saturated rings.